The van der Waals surface area contributed by atoms with Crippen LogP contribution in [-0.2, 0) is 0 Å². The maximum absolute atomic E-state index is 5.74. The standard InChI is InChI=1S/C13H15N3O/c1-9-6-4-5-7-11(9)17-12-8-10(2)15-13(14-3)16-12/h4-8H,1-3H3,(H,14,15,16). The van der Waals surface area contributed by atoms with Crippen molar-refractivity contribution in [3.8, 4) is 11.6 Å². The van der Waals surface area contributed by atoms with Gasteiger partial charge in [0.25, 0.3) is 0 Å². The molecule has 0 saturated carbocycles. The number of hydrogen-bond acceptors (Lipinski definition) is 4. The lowest BCUT2D eigenvalue weighted by atomic mass is 10.2. The molecule has 2 aromatic rings. The molecule has 0 aliphatic heterocycles. The number of aromatic nitrogens is 2. The first-order valence-electron chi connectivity index (χ1n) is 5.46. The fourth-order valence-corrected chi connectivity index (χ4v) is 1.49. The molecule has 1 N–H and O–H groups in total. The van der Waals surface area contributed by atoms with Gasteiger partial charge in [-0.05, 0) is 25.5 Å². The molecule has 0 radical (unpaired) electrons. The highest BCUT2D eigenvalue weighted by Crippen LogP contribution is 2.23. The zero-order chi connectivity index (χ0) is 12.3. The Labute approximate surface area is 101 Å². The van der Waals surface area contributed by atoms with E-state index in [4.69, 9.17) is 4.74 Å². The number of nitrogens with one attached hydrogen (secondary N) is 1. The molecule has 4 heteroatoms. The predicted molar refractivity (Wildman–Crippen MR) is 67.6 cm³/mol. The molecule has 0 fully saturated rings. The summed E-state index contributed by atoms with van der Waals surface area (Å²) in [6.45, 7) is 3.91. The van der Waals surface area contributed by atoms with Crippen LogP contribution >= 0.6 is 0 Å². The Balaban J connectivity index is 2.30. The van der Waals surface area contributed by atoms with Gasteiger partial charge < -0.3 is 10.1 Å². The molecular formula is C13H15N3O. The molecule has 88 valence electrons. The Kier molecular flexibility index (Phi) is 3.23. The Bertz CT molecular complexity index is 526. The van der Waals surface area contributed by atoms with Crippen LogP contribution in [0.1, 0.15) is 11.3 Å². The number of benzene rings is 1. The van der Waals surface area contributed by atoms with E-state index < -0.39 is 0 Å². The van der Waals surface area contributed by atoms with Gasteiger partial charge in [-0.1, -0.05) is 18.2 Å². The van der Waals surface area contributed by atoms with E-state index in [0.717, 1.165) is 17.0 Å². The highest BCUT2D eigenvalue weighted by Gasteiger charge is 2.04. The third-order valence-electron chi connectivity index (χ3n) is 2.36. The maximum atomic E-state index is 5.74. The fourth-order valence-electron chi connectivity index (χ4n) is 1.49. The van der Waals surface area contributed by atoms with Crippen molar-refractivity contribution in [1.29, 1.82) is 0 Å². The quantitative estimate of drug-likeness (QED) is 0.879. The van der Waals surface area contributed by atoms with Gasteiger partial charge in [0, 0.05) is 18.8 Å². The maximum Gasteiger partial charge on any atom is 0.225 e. The Morgan fingerprint density at radius 3 is 2.59 bits per heavy atom. The van der Waals surface area contributed by atoms with Crippen molar-refractivity contribution in [1.82, 2.24) is 9.97 Å². The summed E-state index contributed by atoms with van der Waals surface area (Å²) in [4.78, 5) is 8.46. The van der Waals surface area contributed by atoms with E-state index in [1.807, 2.05) is 44.2 Å². The van der Waals surface area contributed by atoms with Crippen LogP contribution in [0.3, 0.4) is 0 Å². The first-order chi connectivity index (χ1) is 8.19. The number of rotatable bonds is 3. The molecule has 0 atom stereocenters. The van der Waals surface area contributed by atoms with Gasteiger partial charge in [-0.15, -0.1) is 0 Å². The summed E-state index contributed by atoms with van der Waals surface area (Å²) in [5.41, 5.74) is 1.95. The summed E-state index contributed by atoms with van der Waals surface area (Å²) in [6.07, 6.45) is 0. The number of hydrogen-bond donors (Lipinski definition) is 1. The molecular weight excluding hydrogens is 214 g/mol. The molecule has 2 rings (SSSR count). The molecule has 0 aliphatic rings. The third kappa shape index (κ3) is 2.72. The van der Waals surface area contributed by atoms with Crippen molar-refractivity contribution >= 4 is 5.95 Å². The van der Waals surface area contributed by atoms with E-state index in [-0.39, 0.29) is 0 Å². The van der Waals surface area contributed by atoms with E-state index in [1.54, 1.807) is 7.05 Å². The highest BCUT2D eigenvalue weighted by atomic mass is 16.5. The second-order valence-electron chi connectivity index (χ2n) is 3.79. The molecule has 0 amide bonds. The zero-order valence-corrected chi connectivity index (χ0v) is 10.2. The smallest absolute Gasteiger partial charge is 0.225 e. The van der Waals surface area contributed by atoms with E-state index in [1.165, 1.54) is 0 Å². The molecule has 1 heterocycles. The summed E-state index contributed by atoms with van der Waals surface area (Å²) in [6, 6.07) is 9.66. The molecule has 17 heavy (non-hydrogen) atoms. The summed E-state index contributed by atoms with van der Waals surface area (Å²) in [5, 5.41) is 2.91. The molecule has 4 nitrogen and oxygen atoms in total. The van der Waals surface area contributed by atoms with Gasteiger partial charge in [-0.3, -0.25) is 0 Å². The molecule has 0 unspecified atom stereocenters. The van der Waals surface area contributed by atoms with Gasteiger partial charge in [0.2, 0.25) is 11.8 Å². The topological polar surface area (TPSA) is 47.0 Å². The van der Waals surface area contributed by atoms with Crippen molar-refractivity contribution < 1.29 is 4.74 Å². The number of ether oxygens (including phenoxy) is 1. The molecule has 1 aromatic heterocycles. The van der Waals surface area contributed by atoms with Crippen molar-refractivity contribution in [2.24, 2.45) is 0 Å². The van der Waals surface area contributed by atoms with E-state index >= 15 is 0 Å². The Hall–Kier alpha value is -2.10. The van der Waals surface area contributed by atoms with Crippen LogP contribution in [0, 0.1) is 13.8 Å². The highest BCUT2D eigenvalue weighted by molar-refractivity contribution is 5.37. The summed E-state index contributed by atoms with van der Waals surface area (Å²) in [7, 11) is 1.78. The second kappa shape index (κ2) is 4.82. The van der Waals surface area contributed by atoms with Crippen molar-refractivity contribution in [2.75, 3.05) is 12.4 Å². The lowest BCUT2D eigenvalue weighted by Gasteiger charge is -2.09. The Morgan fingerprint density at radius 1 is 1.12 bits per heavy atom. The largest absolute Gasteiger partial charge is 0.439 e. The summed E-state index contributed by atoms with van der Waals surface area (Å²) < 4.78 is 5.74. The molecule has 0 spiro atoms. The minimum atomic E-state index is 0.552. The zero-order valence-electron chi connectivity index (χ0n) is 10.2. The van der Waals surface area contributed by atoms with Gasteiger partial charge in [-0.2, -0.15) is 4.98 Å². The van der Waals surface area contributed by atoms with E-state index in [0.29, 0.717) is 11.8 Å². The van der Waals surface area contributed by atoms with Crippen LogP contribution in [0.4, 0.5) is 5.95 Å². The van der Waals surface area contributed by atoms with Crippen LogP contribution in [-0.4, -0.2) is 17.0 Å². The van der Waals surface area contributed by atoms with Crippen molar-refractivity contribution in [3.63, 3.8) is 0 Å². The second-order valence-corrected chi connectivity index (χ2v) is 3.79. The Morgan fingerprint density at radius 2 is 1.88 bits per heavy atom. The molecule has 0 saturated heterocycles. The van der Waals surface area contributed by atoms with Crippen LogP contribution in [0.15, 0.2) is 30.3 Å². The average Bonchev–Trinajstić information content (AvgIpc) is 2.31. The number of anilines is 1. The normalized spacial score (nSPS) is 10.1. The fraction of sp³-hybridized carbons (Fsp3) is 0.231. The van der Waals surface area contributed by atoms with Gasteiger partial charge >= 0.3 is 0 Å². The van der Waals surface area contributed by atoms with Crippen LogP contribution < -0.4 is 10.1 Å². The van der Waals surface area contributed by atoms with Crippen molar-refractivity contribution in [2.45, 2.75) is 13.8 Å². The molecule has 0 bridgehead atoms. The number of nitrogens with zero attached hydrogens (tertiary/aromatic N) is 2. The predicted octanol–water partition coefficient (Wildman–Crippen LogP) is 2.93. The number of aryl methyl sites for hydroxylation is 2. The van der Waals surface area contributed by atoms with Gasteiger partial charge in [-0.25, -0.2) is 4.98 Å². The summed E-state index contributed by atoms with van der Waals surface area (Å²) in [5.74, 6) is 1.93. The van der Waals surface area contributed by atoms with E-state index in [2.05, 4.69) is 15.3 Å². The third-order valence-corrected chi connectivity index (χ3v) is 2.36. The minimum absolute atomic E-state index is 0.552. The van der Waals surface area contributed by atoms with Gasteiger partial charge in [0.05, 0.1) is 0 Å². The first kappa shape index (κ1) is 11.4. The summed E-state index contributed by atoms with van der Waals surface area (Å²) >= 11 is 0. The monoisotopic (exact) mass is 229 g/mol. The van der Waals surface area contributed by atoms with Gasteiger partial charge in [0.15, 0.2) is 0 Å². The van der Waals surface area contributed by atoms with Gasteiger partial charge in [0.1, 0.15) is 5.75 Å². The lowest BCUT2D eigenvalue weighted by Crippen LogP contribution is -2.00. The molecule has 1 aromatic carbocycles. The lowest BCUT2D eigenvalue weighted by molar-refractivity contribution is 0.458. The van der Waals surface area contributed by atoms with Crippen LogP contribution in [0.25, 0.3) is 0 Å². The minimum Gasteiger partial charge on any atom is -0.439 e. The first-order valence-corrected chi connectivity index (χ1v) is 5.46. The average molecular weight is 229 g/mol. The van der Waals surface area contributed by atoms with Crippen molar-refractivity contribution in [3.05, 3.63) is 41.6 Å². The molecule has 0 aliphatic carbocycles. The van der Waals surface area contributed by atoms with Crippen LogP contribution in [0.5, 0.6) is 11.6 Å². The van der Waals surface area contributed by atoms with E-state index in [9.17, 15) is 0 Å². The van der Waals surface area contributed by atoms with Crippen LogP contribution in [0.2, 0.25) is 0 Å². The number of para-hydroxylation sites is 1. The SMILES string of the molecule is CNc1nc(C)cc(Oc2ccccc2C)n1.